The molecule has 5 nitrogen and oxygen atoms in total. The van der Waals surface area contributed by atoms with Crippen molar-refractivity contribution in [3.05, 3.63) is 99.3 Å². The molecule has 1 aliphatic carbocycles. The van der Waals surface area contributed by atoms with Gasteiger partial charge in [-0.25, -0.2) is 0 Å². The number of halogens is 1. The molecule has 4 rings (SSSR count). The molecular weight excluding hydrogens is 460 g/mol. The van der Waals surface area contributed by atoms with E-state index in [1.165, 1.54) is 5.56 Å². The van der Waals surface area contributed by atoms with Crippen LogP contribution in [0.25, 0.3) is 0 Å². The fourth-order valence-electron chi connectivity index (χ4n) is 5.25. The van der Waals surface area contributed by atoms with Crippen LogP contribution in [-0.4, -0.2) is 27.0 Å². The summed E-state index contributed by atoms with van der Waals surface area (Å²) in [6, 6.07) is 18.4. The zero-order valence-corrected chi connectivity index (χ0v) is 20.9. The predicted octanol–water partition coefficient (Wildman–Crippen LogP) is 7.11. The molecule has 0 aliphatic heterocycles. The topological polar surface area (TPSA) is 82.8 Å². The van der Waals surface area contributed by atoms with Crippen molar-refractivity contribution in [1.29, 1.82) is 0 Å². The smallest absolute Gasteiger partial charge is 0.306 e. The van der Waals surface area contributed by atoms with Crippen LogP contribution in [0.15, 0.2) is 65.9 Å². The zero-order valence-electron chi connectivity index (χ0n) is 20.1. The number of rotatable bonds is 7. The van der Waals surface area contributed by atoms with Crippen molar-refractivity contribution in [3.63, 3.8) is 0 Å². The van der Waals surface area contributed by atoms with E-state index >= 15 is 0 Å². The van der Waals surface area contributed by atoms with Crippen LogP contribution in [0.4, 0.5) is 0 Å². The van der Waals surface area contributed by atoms with E-state index < -0.39 is 5.97 Å². The van der Waals surface area contributed by atoms with Gasteiger partial charge in [0, 0.05) is 34.8 Å². The molecule has 182 valence electrons. The minimum absolute atomic E-state index is 0.0246. The van der Waals surface area contributed by atoms with Gasteiger partial charge >= 0.3 is 5.97 Å². The van der Waals surface area contributed by atoms with Crippen LogP contribution >= 0.6 is 11.6 Å². The van der Waals surface area contributed by atoms with Crippen molar-refractivity contribution < 1.29 is 15.1 Å². The number of pyridine rings is 1. The van der Waals surface area contributed by atoms with E-state index in [4.69, 9.17) is 11.6 Å². The first-order valence-electron chi connectivity index (χ1n) is 12.1. The third-order valence-electron chi connectivity index (χ3n) is 7.24. The maximum atomic E-state index is 11.3. The molecule has 0 bridgehead atoms. The fraction of sp³-hybridized carbons (Fsp3) is 0.345. The van der Waals surface area contributed by atoms with Gasteiger partial charge in [-0.2, -0.15) is 0 Å². The largest absolute Gasteiger partial charge is 0.481 e. The molecule has 0 spiro atoms. The molecule has 1 aliphatic rings. The lowest BCUT2D eigenvalue weighted by Gasteiger charge is -2.27. The molecule has 35 heavy (non-hydrogen) atoms. The van der Waals surface area contributed by atoms with E-state index in [9.17, 15) is 15.1 Å². The van der Waals surface area contributed by atoms with Crippen LogP contribution in [0.1, 0.15) is 77.5 Å². The third kappa shape index (κ3) is 5.91. The minimum atomic E-state index is -0.675. The van der Waals surface area contributed by atoms with Crippen LogP contribution < -0.4 is 0 Å². The molecule has 2 N–H and O–H groups in total. The van der Waals surface area contributed by atoms with E-state index in [-0.39, 0.29) is 11.8 Å². The van der Waals surface area contributed by atoms with E-state index in [0.29, 0.717) is 23.1 Å². The van der Waals surface area contributed by atoms with Crippen molar-refractivity contribution in [1.82, 2.24) is 4.98 Å². The third-order valence-corrected chi connectivity index (χ3v) is 7.48. The maximum Gasteiger partial charge on any atom is 0.306 e. The number of carbonyl (C=O) groups is 1. The molecule has 0 saturated heterocycles. The van der Waals surface area contributed by atoms with E-state index in [0.717, 1.165) is 53.6 Å². The lowest BCUT2D eigenvalue weighted by atomic mass is 9.78. The number of benzene rings is 2. The van der Waals surface area contributed by atoms with Gasteiger partial charge in [0.25, 0.3) is 0 Å². The standard InChI is InChI=1S/C29H31ClN2O3/c1-18-15-25(30)11-12-26(18)27(17-28(32-35)24-13-14-31-19(2)16-24)22-7-3-20(4-8-22)21-5-9-23(10-6-21)29(33)34/h3-4,7-8,11-16,21,23,27,35H,5-6,9-10,17H2,1-2H3,(H,33,34)/b32-28+/t21?,23?,27-/m1/s1. The highest BCUT2D eigenvalue weighted by Crippen LogP contribution is 2.38. The lowest BCUT2D eigenvalue weighted by molar-refractivity contribution is -0.142. The molecule has 1 heterocycles. The summed E-state index contributed by atoms with van der Waals surface area (Å²) < 4.78 is 0. The number of aromatic nitrogens is 1. The Morgan fingerprint density at radius 1 is 1.06 bits per heavy atom. The average Bonchev–Trinajstić information content (AvgIpc) is 2.86. The predicted molar refractivity (Wildman–Crippen MR) is 139 cm³/mol. The number of carboxylic acids is 1. The van der Waals surface area contributed by atoms with Gasteiger partial charge in [-0.05, 0) is 92.0 Å². The Labute approximate surface area is 211 Å². The lowest BCUT2D eigenvalue weighted by Crippen LogP contribution is -2.20. The maximum absolute atomic E-state index is 11.3. The van der Waals surface area contributed by atoms with Crippen molar-refractivity contribution in [2.75, 3.05) is 0 Å². The van der Waals surface area contributed by atoms with Gasteiger partial charge in [-0.1, -0.05) is 47.1 Å². The first-order valence-corrected chi connectivity index (χ1v) is 12.5. The molecule has 6 heteroatoms. The second kappa shape index (κ2) is 11.0. The Morgan fingerprint density at radius 3 is 2.37 bits per heavy atom. The Hall–Kier alpha value is -3.18. The first-order chi connectivity index (χ1) is 16.9. The Kier molecular flexibility index (Phi) is 7.86. The van der Waals surface area contributed by atoms with Crippen molar-refractivity contribution >= 4 is 23.3 Å². The number of aryl methyl sites for hydroxylation is 2. The van der Waals surface area contributed by atoms with Gasteiger partial charge in [-0.15, -0.1) is 0 Å². The van der Waals surface area contributed by atoms with Crippen LogP contribution in [0.3, 0.4) is 0 Å². The summed E-state index contributed by atoms with van der Waals surface area (Å²) in [5.41, 5.74) is 6.92. The van der Waals surface area contributed by atoms with Gasteiger partial charge in [0.05, 0.1) is 11.6 Å². The Bertz CT molecular complexity index is 1210. The van der Waals surface area contributed by atoms with Gasteiger partial charge in [0.15, 0.2) is 0 Å². The molecule has 0 unspecified atom stereocenters. The summed E-state index contributed by atoms with van der Waals surface area (Å²) in [4.78, 5) is 15.6. The Morgan fingerprint density at radius 2 is 1.77 bits per heavy atom. The number of carboxylic acid groups (broad SMARTS) is 1. The molecule has 0 amide bonds. The van der Waals surface area contributed by atoms with Crippen molar-refractivity contribution in [3.8, 4) is 0 Å². The minimum Gasteiger partial charge on any atom is -0.481 e. The quantitative estimate of drug-likeness (QED) is 0.210. The average molecular weight is 491 g/mol. The highest BCUT2D eigenvalue weighted by atomic mass is 35.5. The highest BCUT2D eigenvalue weighted by Gasteiger charge is 2.27. The molecule has 2 aromatic carbocycles. The number of hydrogen-bond donors (Lipinski definition) is 2. The highest BCUT2D eigenvalue weighted by molar-refractivity contribution is 6.30. The van der Waals surface area contributed by atoms with Crippen molar-refractivity contribution in [2.45, 2.75) is 57.8 Å². The zero-order chi connectivity index (χ0) is 24.9. The molecule has 3 aromatic rings. The second-order valence-corrected chi connectivity index (χ2v) is 9.98. The van der Waals surface area contributed by atoms with Gasteiger partial charge < -0.3 is 10.3 Å². The number of nitrogens with zero attached hydrogens (tertiary/aromatic N) is 2. The monoisotopic (exact) mass is 490 g/mol. The van der Waals surface area contributed by atoms with Crippen molar-refractivity contribution in [2.24, 2.45) is 11.1 Å². The molecule has 0 radical (unpaired) electrons. The Balaban J connectivity index is 1.63. The normalized spacial score (nSPS) is 19.3. The molecule has 1 aromatic heterocycles. The number of oxime groups is 1. The van der Waals surface area contributed by atoms with E-state index in [1.54, 1.807) is 6.20 Å². The molecule has 1 atom stereocenters. The number of hydrogen-bond acceptors (Lipinski definition) is 4. The number of aliphatic carboxylic acids is 1. The SMILES string of the molecule is Cc1cc(/C(C[C@H](c2ccc(C3CCC(C(=O)O)CC3)cc2)c2ccc(Cl)cc2C)=N/O)ccn1. The van der Waals surface area contributed by atoms with Crippen LogP contribution in [0.5, 0.6) is 0 Å². The van der Waals surface area contributed by atoms with Crippen LogP contribution in [-0.2, 0) is 4.79 Å². The second-order valence-electron chi connectivity index (χ2n) is 9.54. The molecule has 1 saturated carbocycles. The van der Waals surface area contributed by atoms with Crippen LogP contribution in [0, 0.1) is 19.8 Å². The molecular formula is C29H31ClN2O3. The fourth-order valence-corrected chi connectivity index (χ4v) is 5.47. The summed E-state index contributed by atoms with van der Waals surface area (Å²) in [5, 5.41) is 23.6. The summed E-state index contributed by atoms with van der Waals surface area (Å²) in [7, 11) is 0. The molecule has 1 fully saturated rings. The summed E-state index contributed by atoms with van der Waals surface area (Å²) in [6.07, 6.45) is 5.52. The first kappa shape index (κ1) is 24.9. The van der Waals surface area contributed by atoms with Gasteiger partial charge in [-0.3, -0.25) is 9.78 Å². The van der Waals surface area contributed by atoms with Crippen LogP contribution in [0.2, 0.25) is 5.02 Å². The summed E-state index contributed by atoms with van der Waals surface area (Å²) in [5.74, 6) is -0.519. The van der Waals surface area contributed by atoms with Gasteiger partial charge in [0.2, 0.25) is 0 Å². The van der Waals surface area contributed by atoms with Gasteiger partial charge in [0.1, 0.15) is 0 Å². The van der Waals surface area contributed by atoms with E-state index in [2.05, 4.69) is 47.4 Å². The van der Waals surface area contributed by atoms with E-state index in [1.807, 2.05) is 31.2 Å². The summed E-state index contributed by atoms with van der Waals surface area (Å²) >= 11 is 6.24. The summed E-state index contributed by atoms with van der Waals surface area (Å²) in [6.45, 7) is 3.97.